The van der Waals surface area contributed by atoms with E-state index in [2.05, 4.69) is 35.1 Å². The predicted octanol–water partition coefficient (Wildman–Crippen LogP) is 4.56. The zero-order chi connectivity index (χ0) is 18.0. The number of carbonyl (C=O) groups is 2. The molecular formula is C20H21BrN2O2. The van der Waals surface area contributed by atoms with Gasteiger partial charge in [0.1, 0.15) is 0 Å². The molecule has 5 heteroatoms. The minimum atomic E-state index is -0.332. The van der Waals surface area contributed by atoms with Crippen molar-refractivity contribution >= 4 is 39.1 Å². The van der Waals surface area contributed by atoms with Gasteiger partial charge in [-0.2, -0.15) is 0 Å². The molecule has 0 aromatic heterocycles. The number of nitrogens with zero attached hydrogens (tertiary/aromatic N) is 1. The molecule has 0 unspecified atom stereocenters. The third-order valence-corrected chi connectivity index (χ3v) is 5.01. The van der Waals surface area contributed by atoms with Crippen LogP contribution in [0.3, 0.4) is 0 Å². The van der Waals surface area contributed by atoms with E-state index >= 15 is 0 Å². The van der Waals surface area contributed by atoms with Crippen molar-refractivity contribution in [2.75, 3.05) is 16.8 Å². The van der Waals surface area contributed by atoms with Gasteiger partial charge in [-0.3, -0.25) is 9.59 Å². The van der Waals surface area contributed by atoms with Crippen molar-refractivity contribution in [1.29, 1.82) is 0 Å². The van der Waals surface area contributed by atoms with E-state index in [0.717, 1.165) is 15.8 Å². The average Bonchev–Trinajstić information content (AvgIpc) is 2.99. The van der Waals surface area contributed by atoms with Gasteiger partial charge < -0.3 is 10.2 Å². The fraction of sp³-hybridized carbons (Fsp3) is 0.300. The van der Waals surface area contributed by atoms with Crippen LogP contribution in [0.1, 0.15) is 31.7 Å². The fourth-order valence-corrected chi connectivity index (χ4v) is 3.21. The summed E-state index contributed by atoms with van der Waals surface area (Å²) in [4.78, 5) is 26.5. The van der Waals surface area contributed by atoms with E-state index in [-0.39, 0.29) is 24.2 Å². The van der Waals surface area contributed by atoms with E-state index in [1.807, 2.05) is 48.5 Å². The maximum Gasteiger partial charge on any atom is 0.229 e. The number of anilines is 2. The highest BCUT2D eigenvalue weighted by Crippen LogP contribution is 2.27. The van der Waals surface area contributed by atoms with Crippen LogP contribution in [-0.2, 0) is 9.59 Å². The molecule has 0 aliphatic carbocycles. The molecule has 2 amide bonds. The Bertz CT molecular complexity index is 769. The van der Waals surface area contributed by atoms with Gasteiger partial charge in [0.15, 0.2) is 0 Å². The summed E-state index contributed by atoms with van der Waals surface area (Å²) in [6, 6.07) is 15.4. The maximum atomic E-state index is 12.5. The second kappa shape index (κ2) is 7.40. The van der Waals surface area contributed by atoms with Crippen molar-refractivity contribution in [2.45, 2.75) is 26.2 Å². The Balaban J connectivity index is 1.67. The highest BCUT2D eigenvalue weighted by Gasteiger charge is 2.35. The molecule has 1 aliphatic heterocycles. The van der Waals surface area contributed by atoms with Crippen LogP contribution in [0.5, 0.6) is 0 Å². The summed E-state index contributed by atoms with van der Waals surface area (Å²) in [5, 5.41) is 2.89. The minimum absolute atomic E-state index is 0.00625. The topological polar surface area (TPSA) is 49.4 Å². The van der Waals surface area contributed by atoms with E-state index < -0.39 is 0 Å². The van der Waals surface area contributed by atoms with Gasteiger partial charge in [-0.1, -0.05) is 41.9 Å². The molecule has 1 fully saturated rings. The Morgan fingerprint density at radius 1 is 1.12 bits per heavy atom. The van der Waals surface area contributed by atoms with Crippen LogP contribution in [0, 0.1) is 5.92 Å². The van der Waals surface area contributed by atoms with Gasteiger partial charge in [-0.25, -0.2) is 0 Å². The number of hydrogen-bond donors (Lipinski definition) is 1. The Hall–Kier alpha value is -2.14. The van der Waals surface area contributed by atoms with Crippen LogP contribution < -0.4 is 10.2 Å². The van der Waals surface area contributed by atoms with Crippen molar-refractivity contribution in [1.82, 2.24) is 0 Å². The zero-order valence-electron chi connectivity index (χ0n) is 14.3. The number of halogens is 1. The quantitative estimate of drug-likeness (QED) is 0.817. The minimum Gasteiger partial charge on any atom is -0.326 e. The monoisotopic (exact) mass is 400 g/mol. The maximum absolute atomic E-state index is 12.5. The van der Waals surface area contributed by atoms with Crippen LogP contribution in [0.2, 0.25) is 0 Å². The van der Waals surface area contributed by atoms with Crippen LogP contribution in [0.4, 0.5) is 11.4 Å². The zero-order valence-corrected chi connectivity index (χ0v) is 15.9. The van der Waals surface area contributed by atoms with Crippen molar-refractivity contribution in [3.8, 4) is 0 Å². The number of hydrogen-bond acceptors (Lipinski definition) is 2. The summed E-state index contributed by atoms with van der Waals surface area (Å²) in [5.74, 6) is -0.00101. The van der Waals surface area contributed by atoms with E-state index in [9.17, 15) is 9.59 Å². The molecule has 0 radical (unpaired) electrons. The lowest BCUT2D eigenvalue weighted by Crippen LogP contribution is -2.28. The summed E-state index contributed by atoms with van der Waals surface area (Å²) in [5.41, 5.74) is 2.83. The van der Waals surface area contributed by atoms with Gasteiger partial charge in [-0.05, 0) is 47.9 Å². The lowest BCUT2D eigenvalue weighted by Gasteiger charge is -2.17. The molecule has 1 aliphatic rings. The van der Waals surface area contributed by atoms with Gasteiger partial charge in [0.2, 0.25) is 11.8 Å². The highest BCUT2D eigenvalue weighted by molar-refractivity contribution is 9.10. The van der Waals surface area contributed by atoms with E-state index in [1.54, 1.807) is 4.90 Å². The number of carbonyl (C=O) groups excluding carboxylic acids is 2. The SMILES string of the molecule is CC(C)c1ccc(N2C[C@@H](C(=O)Nc3ccc(Br)cc3)CC2=O)cc1. The average molecular weight is 401 g/mol. The van der Waals surface area contributed by atoms with Crippen molar-refractivity contribution in [2.24, 2.45) is 5.92 Å². The van der Waals surface area contributed by atoms with Crippen LogP contribution >= 0.6 is 15.9 Å². The molecule has 25 heavy (non-hydrogen) atoms. The van der Waals surface area contributed by atoms with Crippen molar-refractivity contribution < 1.29 is 9.59 Å². The van der Waals surface area contributed by atoms with E-state index in [4.69, 9.17) is 0 Å². The summed E-state index contributed by atoms with van der Waals surface area (Å²) >= 11 is 3.37. The molecular weight excluding hydrogens is 380 g/mol. The molecule has 0 saturated carbocycles. The largest absolute Gasteiger partial charge is 0.326 e. The molecule has 2 aromatic carbocycles. The summed E-state index contributed by atoms with van der Waals surface area (Å²) in [6.45, 7) is 4.69. The molecule has 2 aromatic rings. The van der Waals surface area contributed by atoms with Crippen LogP contribution in [0.15, 0.2) is 53.0 Å². The normalized spacial score (nSPS) is 17.2. The van der Waals surface area contributed by atoms with Gasteiger partial charge in [0, 0.05) is 28.8 Å². The fourth-order valence-electron chi connectivity index (χ4n) is 2.95. The summed E-state index contributed by atoms with van der Waals surface area (Å²) in [7, 11) is 0. The van der Waals surface area contributed by atoms with Crippen LogP contribution in [0.25, 0.3) is 0 Å². The van der Waals surface area contributed by atoms with Crippen LogP contribution in [-0.4, -0.2) is 18.4 Å². The van der Waals surface area contributed by atoms with E-state index in [1.165, 1.54) is 5.56 Å². The Morgan fingerprint density at radius 3 is 2.36 bits per heavy atom. The molecule has 0 bridgehead atoms. The first-order valence-corrected chi connectivity index (χ1v) is 9.20. The molecule has 1 N–H and O–H groups in total. The van der Waals surface area contributed by atoms with Gasteiger partial charge >= 0.3 is 0 Å². The lowest BCUT2D eigenvalue weighted by atomic mass is 10.0. The second-order valence-corrected chi connectivity index (χ2v) is 7.56. The molecule has 1 saturated heterocycles. The Kier molecular flexibility index (Phi) is 5.23. The molecule has 0 spiro atoms. The third-order valence-electron chi connectivity index (χ3n) is 4.48. The van der Waals surface area contributed by atoms with Crippen molar-refractivity contribution in [3.05, 3.63) is 58.6 Å². The Morgan fingerprint density at radius 2 is 1.76 bits per heavy atom. The number of benzene rings is 2. The van der Waals surface area contributed by atoms with Gasteiger partial charge in [-0.15, -0.1) is 0 Å². The first-order valence-electron chi connectivity index (χ1n) is 8.41. The number of amides is 2. The van der Waals surface area contributed by atoms with Crippen molar-refractivity contribution in [3.63, 3.8) is 0 Å². The van der Waals surface area contributed by atoms with Gasteiger partial charge in [0.05, 0.1) is 5.92 Å². The first kappa shape index (κ1) is 17.7. The number of rotatable bonds is 4. The Labute approximate surface area is 156 Å². The number of nitrogens with one attached hydrogen (secondary N) is 1. The molecule has 4 nitrogen and oxygen atoms in total. The highest BCUT2D eigenvalue weighted by atomic mass is 79.9. The second-order valence-electron chi connectivity index (χ2n) is 6.65. The predicted molar refractivity (Wildman–Crippen MR) is 104 cm³/mol. The molecule has 130 valence electrons. The smallest absolute Gasteiger partial charge is 0.229 e. The van der Waals surface area contributed by atoms with E-state index in [0.29, 0.717) is 12.5 Å². The first-order chi connectivity index (χ1) is 11.9. The lowest BCUT2D eigenvalue weighted by molar-refractivity contribution is -0.122. The summed E-state index contributed by atoms with van der Waals surface area (Å²) in [6.07, 6.45) is 0.244. The van der Waals surface area contributed by atoms with Gasteiger partial charge in [0.25, 0.3) is 0 Å². The summed E-state index contributed by atoms with van der Waals surface area (Å²) < 4.78 is 0.956. The molecule has 3 rings (SSSR count). The third kappa shape index (κ3) is 4.10. The molecule has 1 heterocycles. The standard InChI is InChI=1S/C20H21BrN2O2/c1-13(2)14-3-9-18(10-4-14)23-12-15(11-19(23)24)20(25)22-17-7-5-16(21)6-8-17/h3-10,13,15H,11-12H2,1-2H3,(H,22,25)/t15-/m0/s1. The molecule has 1 atom stereocenters.